The molecule has 1 unspecified atom stereocenters. The summed E-state index contributed by atoms with van der Waals surface area (Å²) in [4.78, 5) is 31.0. The number of carbonyl (C=O) groups excluding carboxylic acids is 1. The minimum atomic E-state index is -0.134. The second kappa shape index (κ2) is 5.72. The van der Waals surface area contributed by atoms with E-state index in [9.17, 15) is 9.59 Å². The van der Waals surface area contributed by atoms with Crippen molar-refractivity contribution >= 4 is 27.5 Å². The number of nitrogens with zero attached hydrogens (tertiary/aromatic N) is 2. The molecular weight excluding hydrogens is 314 g/mol. The van der Waals surface area contributed by atoms with Crippen molar-refractivity contribution in [2.24, 2.45) is 0 Å². The van der Waals surface area contributed by atoms with E-state index in [0.717, 1.165) is 50.2 Å². The van der Waals surface area contributed by atoms with Gasteiger partial charge in [0.05, 0.1) is 16.4 Å². The standard InChI is InChI=1S/C16H19N3O3S/c1-9-12-15(18-11-5-2-6-19(11)16(12)21)23-13(9)14(20)17-8-10-4-3-7-22-10/h10H,2-8H2,1H3,(H,17,20). The van der Waals surface area contributed by atoms with E-state index in [1.165, 1.54) is 11.3 Å². The van der Waals surface area contributed by atoms with Gasteiger partial charge in [-0.3, -0.25) is 14.2 Å². The largest absolute Gasteiger partial charge is 0.376 e. The summed E-state index contributed by atoms with van der Waals surface area (Å²) in [6.07, 6.45) is 3.95. The Balaban J connectivity index is 1.65. The molecule has 0 aromatic carbocycles. The smallest absolute Gasteiger partial charge is 0.262 e. The predicted octanol–water partition coefficient (Wildman–Crippen LogP) is 1.62. The summed E-state index contributed by atoms with van der Waals surface area (Å²) >= 11 is 1.32. The summed E-state index contributed by atoms with van der Waals surface area (Å²) in [7, 11) is 0. The van der Waals surface area contributed by atoms with E-state index in [1.807, 2.05) is 6.92 Å². The molecule has 0 aliphatic carbocycles. The Bertz CT molecular complexity index is 833. The van der Waals surface area contributed by atoms with Gasteiger partial charge in [-0.1, -0.05) is 0 Å². The fraction of sp³-hybridized carbons (Fsp3) is 0.562. The van der Waals surface area contributed by atoms with Crippen LogP contribution in [0, 0.1) is 6.92 Å². The highest BCUT2D eigenvalue weighted by atomic mass is 32.1. The van der Waals surface area contributed by atoms with Crippen molar-refractivity contribution in [3.05, 3.63) is 26.6 Å². The molecule has 0 spiro atoms. The van der Waals surface area contributed by atoms with Gasteiger partial charge in [0.15, 0.2) is 0 Å². The van der Waals surface area contributed by atoms with Crippen molar-refractivity contribution in [2.75, 3.05) is 13.2 Å². The number of nitrogens with one attached hydrogen (secondary N) is 1. The van der Waals surface area contributed by atoms with E-state index in [4.69, 9.17) is 4.74 Å². The Kier molecular flexibility index (Phi) is 3.69. The molecule has 23 heavy (non-hydrogen) atoms. The van der Waals surface area contributed by atoms with Crippen LogP contribution in [-0.4, -0.2) is 34.7 Å². The van der Waals surface area contributed by atoms with Gasteiger partial charge in [0.1, 0.15) is 10.7 Å². The summed E-state index contributed by atoms with van der Waals surface area (Å²) in [6, 6.07) is 0. The fourth-order valence-corrected chi connectivity index (χ4v) is 4.49. The van der Waals surface area contributed by atoms with Crippen LogP contribution in [-0.2, 0) is 17.7 Å². The molecule has 6 nitrogen and oxygen atoms in total. The van der Waals surface area contributed by atoms with Crippen molar-refractivity contribution < 1.29 is 9.53 Å². The second-order valence-electron chi connectivity index (χ2n) is 6.17. The van der Waals surface area contributed by atoms with Crippen LogP contribution in [0.1, 0.15) is 40.3 Å². The van der Waals surface area contributed by atoms with Crippen LogP contribution < -0.4 is 10.9 Å². The number of aromatic nitrogens is 2. The Morgan fingerprint density at radius 2 is 2.35 bits per heavy atom. The number of hydrogen-bond acceptors (Lipinski definition) is 5. The second-order valence-corrected chi connectivity index (χ2v) is 7.17. The van der Waals surface area contributed by atoms with Crippen LogP contribution in [0.3, 0.4) is 0 Å². The lowest BCUT2D eigenvalue weighted by atomic mass is 10.2. The highest BCUT2D eigenvalue weighted by molar-refractivity contribution is 7.20. The van der Waals surface area contributed by atoms with Gasteiger partial charge < -0.3 is 10.1 Å². The Morgan fingerprint density at radius 3 is 3.13 bits per heavy atom. The average Bonchev–Trinajstić information content (AvgIpc) is 3.25. The molecule has 2 aromatic rings. The highest BCUT2D eigenvalue weighted by Gasteiger charge is 2.24. The molecule has 1 N–H and O–H groups in total. The summed E-state index contributed by atoms with van der Waals surface area (Å²) in [5.74, 6) is 0.709. The maximum atomic E-state index is 12.6. The number of carbonyl (C=O) groups is 1. The van der Waals surface area contributed by atoms with Crippen molar-refractivity contribution in [2.45, 2.75) is 45.3 Å². The average molecular weight is 333 g/mol. The maximum Gasteiger partial charge on any atom is 0.262 e. The van der Waals surface area contributed by atoms with E-state index in [1.54, 1.807) is 4.57 Å². The van der Waals surface area contributed by atoms with Crippen molar-refractivity contribution in [1.82, 2.24) is 14.9 Å². The van der Waals surface area contributed by atoms with E-state index >= 15 is 0 Å². The molecule has 1 fully saturated rings. The van der Waals surface area contributed by atoms with Crippen molar-refractivity contribution in [3.8, 4) is 0 Å². The molecule has 1 atom stereocenters. The molecule has 0 bridgehead atoms. The first-order valence-corrected chi connectivity index (χ1v) is 8.89. The van der Waals surface area contributed by atoms with Gasteiger partial charge >= 0.3 is 0 Å². The normalized spacial score (nSPS) is 20.1. The third kappa shape index (κ3) is 2.48. The number of hydrogen-bond donors (Lipinski definition) is 1. The summed E-state index contributed by atoms with van der Waals surface area (Å²) in [6.45, 7) is 3.86. The molecule has 0 radical (unpaired) electrons. The lowest BCUT2D eigenvalue weighted by Crippen LogP contribution is -2.31. The van der Waals surface area contributed by atoms with Crippen molar-refractivity contribution in [3.63, 3.8) is 0 Å². The number of amides is 1. The van der Waals surface area contributed by atoms with Gasteiger partial charge in [0.25, 0.3) is 11.5 Å². The van der Waals surface area contributed by atoms with E-state index in [-0.39, 0.29) is 17.6 Å². The van der Waals surface area contributed by atoms with Gasteiger partial charge in [0.2, 0.25) is 0 Å². The Morgan fingerprint density at radius 1 is 1.48 bits per heavy atom. The Hall–Kier alpha value is -1.73. The van der Waals surface area contributed by atoms with Crippen LogP contribution in [0.5, 0.6) is 0 Å². The molecule has 7 heteroatoms. The third-order valence-electron chi connectivity index (χ3n) is 4.63. The monoisotopic (exact) mass is 333 g/mol. The zero-order chi connectivity index (χ0) is 16.0. The van der Waals surface area contributed by atoms with Gasteiger partial charge in [-0.2, -0.15) is 0 Å². The summed E-state index contributed by atoms with van der Waals surface area (Å²) < 4.78 is 7.27. The molecule has 2 aromatic heterocycles. The minimum absolute atomic E-state index is 0.00516. The number of ether oxygens (including phenoxy) is 1. The molecular formula is C16H19N3O3S. The number of fused-ring (bicyclic) bond motifs is 2. The number of aryl methyl sites for hydroxylation is 2. The molecule has 1 saturated heterocycles. The molecule has 4 heterocycles. The highest BCUT2D eigenvalue weighted by Crippen LogP contribution is 2.28. The molecule has 122 valence electrons. The first kappa shape index (κ1) is 14.8. The Labute approximate surface area is 137 Å². The van der Waals surface area contributed by atoms with Crippen LogP contribution in [0.15, 0.2) is 4.79 Å². The van der Waals surface area contributed by atoms with Crippen LogP contribution >= 0.6 is 11.3 Å². The molecule has 2 aliphatic rings. The fourth-order valence-electron chi connectivity index (χ4n) is 3.38. The lowest BCUT2D eigenvalue weighted by molar-refractivity contribution is 0.0860. The number of rotatable bonds is 3. The zero-order valence-corrected chi connectivity index (χ0v) is 13.9. The lowest BCUT2D eigenvalue weighted by Gasteiger charge is -2.10. The predicted molar refractivity (Wildman–Crippen MR) is 88.2 cm³/mol. The third-order valence-corrected chi connectivity index (χ3v) is 5.82. The topological polar surface area (TPSA) is 73.2 Å². The first-order valence-electron chi connectivity index (χ1n) is 8.08. The molecule has 2 aliphatic heterocycles. The molecule has 4 rings (SSSR count). The summed E-state index contributed by atoms with van der Waals surface area (Å²) in [5.41, 5.74) is 0.740. The van der Waals surface area contributed by atoms with Gasteiger partial charge in [0, 0.05) is 26.1 Å². The summed E-state index contributed by atoms with van der Waals surface area (Å²) in [5, 5.41) is 3.53. The van der Waals surface area contributed by atoms with E-state index in [0.29, 0.717) is 21.6 Å². The van der Waals surface area contributed by atoms with Crippen LogP contribution in [0.2, 0.25) is 0 Å². The first-order chi connectivity index (χ1) is 11.1. The number of thiophene rings is 1. The maximum absolute atomic E-state index is 12.6. The van der Waals surface area contributed by atoms with Crippen LogP contribution in [0.4, 0.5) is 0 Å². The van der Waals surface area contributed by atoms with Gasteiger partial charge in [-0.25, -0.2) is 4.98 Å². The molecule has 1 amide bonds. The van der Waals surface area contributed by atoms with E-state index in [2.05, 4.69) is 10.3 Å². The quantitative estimate of drug-likeness (QED) is 0.926. The SMILES string of the molecule is Cc1c(C(=O)NCC2CCCO2)sc2nc3n(c(=O)c12)CCC3. The zero-order valence-electron chi connectivity index (χ0n) is 13.1. The molecule has 0 saturated carbocycles. The van der Waals surface area contributed by atoms with E-state index < -0.39 is 0 Å². The van der Waals surface area contributed by atoms with Gasteiger partial charge in [-0.05, 0) is 31.7 Å². The minimum Gasteiger partial charge on any atom is -0.376 e. The van der Waals surface area contributed by atoms with Gasteiger partial charge in [-0.15, -0.1) is 11.3 Å². The van der Waals surface area contributed by atoms with Crippen molar-refractivity contribution in [1.29, 1.82) is 0 Å². The van der Waals surface area contributed by atoms with Crippen LogP contribution in [0.25, 0.3) is 10.2 Å².